The monoisotopic (exact) mass is 155 g/mol. The van der Waals surface area contributed by atoms with Crippen LogP contribution >= 0.6 is 0 Å². The Labute approximate surface area is 72.4 Å². The Balaban J connectivity index is 3.70. The van der Waals surface area contributed by atoms with Gasteiger partial charge in [0.25, 0.3) is 0 Å². The number of hydrogen-bond donors (Lipinski definition) is 1. The van der Waals surface area contributed by atoms with Crippen LogP contribution in [0.2, 0.25) is 5.82 Å². The van der Waals surface area contributed by atoms with E-state index in [1.807, 2.05) is 0 Å². The van der Waals surface area contributed by atoms with Gasteiger partial charge in [-0.2, -0.15) is 0 Å². The van der Waals surface area contributed by atoms with Crippen LogP contribution in [0, 0.1) is 5.92 Å². The molecular weight excluding hydrogens is 133 g/mol. The van der Waals surface area contributed by atoms with Crippen LogP contribution in [0.15, 0.2) is 0 Å². The van der Waals surface area contributed by atoms with Gasteiger partial charge in [0.2, 0.25) is 0 Å². The van der Waals surface area contributed by atoms with Crippen molar-refractivity contribution in [2.45, 2.75) is 46.0 Å². The molecule has 0 heterocycles. The zero-order valence-electron chi connectivity index (χ0n) is 8.65. The van der Waals surface area contributed by atoms with Crippen LogP contribution in [0.25, 0.3) is 0 Å². The summed E-state index contributed by atoms with van der Waals surface area (Å²) in [6, 6.07) is 0.690. The van der Waals surface area contributed by atoms with E-state index < -0.39 is 0 Å². The maximum atomic E-state index is 3.57. The second-order valence-electron chi connectivity index (χ2n) is 3.97. The van der Waals surface area contributed by atoms with Crippen LogP contribution < -0.4 is 5.32 Å². The van der Waals surface area contributed by atoms with Crippen LogP contribution in [-0.2, 0) is 0 Å². The van der Waals surface area contributed by atoms with Gasteiger partial charge in [0.1, 0.15) is 7.85 Å². The molecule has 0 bridgehead atoms. The Bertz CT molecular complexity index is 83.6. The summed E-state index contributed by atoms with van der Waals surface area (Å²) >= 11 is 0. The van der Waals surface area contributed by atoms with E-state index in [1.165, 1.54) is 6.42 Å². The van der Waals surface area contributed by atoms with E-state index in [-0.39, 0.29) is 0 Å². The minimum absolute atomic E-state index is 0.690. The molecule has 0 spiro atoms. The van der Waals surface area contributed by atoms with Gasteiger partial charge in [-0.05, 0) is 18.9 Å². The Morgan fingerprint density at radius 1 is 1.27 bits per heavy atom. The molecule has 0 aromatic rings. The molecule has 0 rings (SSSR count). The molecule has 0 aromatic carbocycles. The summed E-state index contributed by atoms with van der Waals surface area (Å²) in [6.07, 6.45) is 1.23. The molecule has 1 nitrogen and oxygen atoms in total. The van der Waals surface area contributed by atoms with Crippen LogP contribution in [0.1, 0.15) is 34.1 Å². The lowest BCUT2D eigenvalue weighted by molar-refractivity contribution is 0.390. The van der Waals surface area contributed by atoms with Gasteiger partial charge in [0, 0.05) is 6.04 Å². The fraction of sp³-hybridized carbons (Fsp3) is 1.00. The van der Waals surface area contributed by atoms with E-state index in [2.05, 4.69) is 40.9 Å². The van der Waals surface area contributed by atoms with Crippen molar-refractivity contribution < 1.29 is 0 Å². The molecule has 0 fully saturated rings. The molecule has 0 aromatic heterocycles. The van der Waals surface area contributed by atoms with Gasteiger partial charge in [-0.3, -0.25) is 0 Å². The second-order valence-corrected chi connectivity index (χ2v) is 3.97. The summed E-state index contributed by atoms with van der Waals surface area (Å²) in [6.45, 7) is 10.2. The van der Waals surface area contributed by atoms with E-state index in [9.17, 15) is 0 Å². The minimum Gasteiger partial charge on any atom is -0.314 e. The van der Waals surface area contributed by atoms with Gasteiger partial charge in [0.15, 0.2) is 0 Å². The summed E-state index contributed by atoms with van der Waals surface area (Å²) in [5.74, 6) is 1.50. The first-order valence-electron chi connectivity index (χ1n) is 4.83. The quantitative estimate of drug-likeness (QED) is 0.592. The first kappa shape index (κ1) is 11.0. The van der Waals surface area contributed by atoms with Crippen LogP contribution in [0.3, 0.4) is 0 Å². The molecular formula is C9H22BN. The van der Waals surface area contributed by atoms with Crippen LogP contribution in [-0.4, -0.2) is 20.4 Å². The molecule has 0 aliphatic carbocycles. The Hall–Kier alpha value is 0.0249. The molecule has 11 heavy (non-hydrogen) atoms. The lowest BCUT2D eigenvalue weighted by Crippen LogP contribution is -2.37. The first-order valence-corrected chi connectivity index (χ1v) is 4.83. The zero-order valence-corrected chi connectivity index (χ0v) is 8.65. The number of nitrogens with one attached hydrogen (secondary N) is 1. The lowest BCUT2D eigenvalue weighted by atomic mass is 9.78. The smallest absolute Gasteiger partial charge is 0.107 e. The third-order valence-electron chi connectivity index (χ3n) is 2.07. The normalized spacial score (nSPS) is 16.8. The average Bonchev–Trinajstić information content (AvgIpc) is 1.87. The highest BCUT2D eigenvalue weighted by molar-refractivity contribution is 6.11. The van der Waals surface area contributed by atoms with E-state index in [1.54, 1.807) is 0 Å². The molecule has 0 aliphatic rings. The highest BCUT2D eigenvalue weighted by atomic mass is 14.9. The Morgan fingerprint density at radius 2 is 1.82 bits per heavy atom. The molecule has 0 saturated carbocycles. The standard InChI is InChI=1S/C9H22BN/c1-5-6-11-9(7(2)3)8(4)10/h7-9,11H,5-6,10H2,1-4H3. The van der Waals surface area contributed by atoms with Gasteiger partial charge >= 0.3 is 0 Å². The summed E-state index contributed by atoms with van der Waals surface area (Å²) < 4.78 is 0. The molecule has 2 unspecified atom stereocenters. The SMILES string of the molecule is BC(C)C(NCCC)C(C)C. The number of rotatable bonds is 5. The highest BCUT2D eigenvalue weighted by Crippen LogP contribution is 2.13. The summed E-state index contributed by atoms with van der Waals surface area (Å²) in [4.78, 5) is 0. The minimum atomic E-state index is 0.690. The molecule has 0 saturated heterocycles. The van der Waals surface area contributed by atoms with Crippen molar-refractivity contribution in [3.05, 3.63) is 0 Å². The van der Waals surface area contributed by atoms with Crippen molar-refractivity contribution in [1.29, 1.82) is 0 Å². The molecule has 2 heteroatoms. The zero-order chi connectivity index (χ0) is 8.85. The van der Waals surface area contributed by atoms with Crippen molar-refractivity contribution in [3.8, 4) is 0 Å². The molecule has 0 aliphatic heterocycles. The van der Waals surface area contributed by atoms with Crippen LogP contribution in [0.4, 0.5) is 0 Å². The first-order chi connectivity index (χ1) is 5.09. The maximum absolute atomic E-state index is 3.57. The van der Waals surface area contributed by atoms with Gasteiger partial charge in [0.05, 0.1) is 0 Å². The van der Waals surface area contributed by atoms with E-state index >= 15 is 0 Å². The van der Waals surface area contributed by atoms with Gasteiger partial charge in [-0.25, -0.2) is 0 Å². The maximum Gasteiger partial charge on any atom is 0.107 e. The Morgan fingerprint density at radius 3 is 2.09 bits per heavy atom. The molecule has 1 N–H and O–H groups in total. The van der Waals surface area contributed by atoms with Gasteiger partial charge in [-0.1, -0.05) is 33.5 Å². The van der Waals surface area contributed by atoms with E-state index in [0.29, 0.717) is 6.04 Å². The third kappa shape index (κ3) is 4.46. The molecule has 0 amide bonds. The van der Waals surface area contributed by atoms with Crippen molar-refractivity contribution >= 4 is 7.85 Å². The number of hydrogen-bond acceptors (Lipinski definition) is 1. The molecule has 66 valence electrons. The van der Waals surface area contributed by atoms with Crippen molar-refractivity contribution in [1.82, 2.24) is 5.32 Å². The second kappa shape index (κ2) is 5.65. The summed E-state index contributed by atoms with van der Waals surface area (Å²) in [5, 5.41) is 3.57. The van der Waals surface area contributed by atoms with E-state index in [0.717, 1.165) is 18.3 Å². The third-order valence-corrected chi connectivity index (χ3v) is 2.07. The molecule has 0 radical (unpaired) electrons. The summed E-state index contributed by atoms with van der Waals surface area (Å²) in [7, 11) is 2.29. The Kier molecular flexibility index (Phi) is 5.66. The summed E-state index contributed by atoms with van der Waals surface area (Å²) in [5.41, 5.74) is 0. The fourth-order valence-electron chi connectivity index (χ4n) is 1.55. The predicted molar refractivity (Wildman–Crippen MR) is 54.9 cm³/mol. The topological polar surface area (TPSA) is 12.0 Å². The highest BCUT2D eigenvalue weighted by Gasteiger charge is 2.15. The average molecular weight is 155 g/mol. The van der Waals surface area contributed by atoms with Gasteiger partial charge < -0.3 is 5.32 Å². The van der Waals surface area contributed by atoms with Crippen molar-refractivity contribution in [3.63, 3.8) is 0 Å². The van der Waals surface area contributed by atoms with E-state index in [4.69, 9.17) is 0 Å². The van der Waals surface area contributed by atoms with Gasteiger partial charge in [-0.15, -0.1) is 0 Å². The lowest BCUT2D eigenvalue weighted by Gasteiger charge is -2.26. The van der Waals surface area contributed by atoms with Crippen molar-refractivity contribution in [2.75, 3.05) is 6.54 Å². The predicted octanol–water partition coefficient (Wildman–Crippen LogP) is 1.45. The fourth-order valence-corrected chi connectivity index (χ4v) is 1.55. The molecule has 2 atom stereocenters. The van der Waals surface area contributed by atoms with Crippen molar-refractivity contribution in [2.24, 2.45) is 5.92 Å². The van der Waals surface area contributed by atoms with Crippen LogP contribution in [0.5, 0.6) is 0 Å². The largest absolute Gasteiger partial charge is 0.314 e.